The lowest BCUT2D eigenvalue weighted by Crippen LogP contribution is -2.57. The molecule has 17 nitrogen and oxygen atoms in total. The van der Waals surface area contributed by atoms with Crippen LogP contribution in [0.2, 0.25) is 0 Å². The van der Waals surface area contributed by atoms with Crippen molar-refractivity contribution in [1.29, 1.82) is 0 Å². The Hall–Kier alpha value is -6.05. The normalized spacial score (nSPS) is 21.2. The highest BCUT2D eigenvalue weighted by atomic mass is 32.2. The Morgan fingerprint density at radius 2 is 1.77 bits per heavy atom. The van der Waals surface area contributed by atoms with Gasteiger partial charge in [0.15, 0.2) is 0 Å². The highest BCUT2D eigenvalue weighted by molar-refractivity contribution is 7.99. The summed E-state index contributed by atoms with van der Waals surface area (Å²) in [6.07, 6.45) is 12.1. The monoisotopic (exact) mass is 906 g/mol. The van der Waals surface area contributed by atoms with Gasteiger partial charge >= 0.3 is 0 Å². The number of amides is 5. The summed E-state index contributed by atoms with van der Waals surface area (Å²) in [6, 6.07) is 12.5. The number of rotatable bonds is 15. The average Bonchev–Trinajstić information content (AvgIpc) is 3.89. The summed E-state index contributed by atoms with van der Waals surface area (Å²) in [4.78, 5) is 81.4. The Labute approximate surface area is 381 Å². The molecule has 7 heterocycles. The molecule has 5 amide bonds. The van der Waals surface area contributed by atoms with E-state index in [1.54, 1.807) is 30.6 Å². The Bertz CT molecular complexity index is 2400. The number of carbonyl (C=O) groups excluding carboxylic acids is 5. The van der Waals surface area contributed by atoms with Crippen molar-refractivity contribution in [1.82, 2.24) is 46.2 Å². The summed E-state index contributed by atoms with van der Waals surface area (Å²) in [5.41, 5.74) is 15.1. The second-order valence-corrected chi connectivity index (χ2v) is 19.3. The number of hydrogen-bond acceptors (Lipinski definition) is 14. The first-order valence-electron chi connectivity index (χ1n) is 22.4. The molecule has 6 aliphatic heterocycles. The van der Waals surface area contributed by atoms with Crippen LogP contribution in [0, 0.1) is 5.41 Å². The number of benzene rings is 2. The zero-order chi connectivity index (χ0) is 45.1. The van der Waals surface area contributed by atoms with E-state index in [0.29, 0.717) is 50.0 Å². The molecule has 0 saturated carbocycles. The minimum absolute atomic E-state index is 0.00503. The first kappa shape index (κ1) is 44.2. The van der Waals surface area contributed by atoms with Gasteiger partial charge in [-0.1, -0.05) is 30.0 Å². The van der Waals surface area contributed by atoms with Gasteiger partial charge in [0.1, 0.15) is 35.1 Å². The molecule has 1 spiro atoms. The smallest absolute Gasteiger partial charge is 0.269 e. The van der Waals surface area contributed by atoms with Crippen LogP contribution in [0.4, 0.5) is 15.9 Å². The minimum Gasteiger partial charge on any atom is -0.356 e. The number of halogens is 1. The molecule has 2 aromatic carbocycles. The van der Waals surface area contributed by atoms with Crippen LogP contribution in [0.3, 0.4) is 0 Å². The Morgan fingerprint density at radius 1 is 0.938 bits per heavy atom. The van der Waals surface area contributed by atoms with Crippen LogP contribution >= 0.6 is 11.8 Å². The molecule has 1 aromatic heterocycles. The molecule has 1 atom stereocenters. The predicted molar refractivity (Wildman–Crippen MR) is 241 cm³/mol. The number of imide groups is 1. The predicted octanol–water partition coefficient (Wildman–Crippen LogP) is 2.92. The van der Waals surface area contributed by atoms with E-state index in [1.807, 2.05) is 36.4 Å². The van der Waals surface area contributed by atoms with E-state index in [4.69, 9.17) is 5.73 Å². The first-order chi connectivity index (χ1) is 31.4. The van der Waals surface area contributed by atoms with Crippen molar-refractivity contribution < 1.29 is 28.4 Å². The summed E-state index contributed by atoms with van der Waals surface area (Å²) in [5, 5.41) is 9.05. The molecule has 1 unspecified atom stereocenters. The molecule has 19 heteroatoms. The topological polar surface area (TPSA) is 210 Å². The van der Waals surface area contributed by atoms with Crippen LogP contribution in [0.5, 0.6) is 0 Å². The van der Waals surface area contributed by atoms with Crippen LogP contribution in [0.1, 0.15) is 72.9 Å². The zero-order valence-corrected chi connectivity index (χ0v) is 37.1. The summed E-state index contributed by atoms with van der Waals surface area (Å²) in [6.45, 7) is 6.18. The van der Waals surface area contributed by atoms with Gasteiger partial charge in [-0.15, -0.1) is 0 Å². The fourth-order valence-corrected chi connectivity index (χ4v) is 10.4. The molecule has 4 fully saturated rings. The lowest BCUT2D eigenvalue weighted by molar-refractivity contribution is -0.137. The van der Waals surface area contributed by atoms with E-state index in [-0.39, 0.29) is 48.6 Å². The molecule has 0 aliphatic carbocycles. The molecule has 6 aliphatic rings. The van der Waals surface area contributed by atoms with Crippen molar-refractivity contribution in [3.63, 3.8) is 0 Å². The van der Waals surface area contributed by atoms with Crippen LogP contribution < -0.4 is 37.4 Å². The number of unbranched alkanes of at least 4 members (excludes halogenated alkanes) is 1. The molecule has 65 heavy (non-hydrogen) atoms. The highest BCUT2D eigenvalue weighted by Crippen LogP contribution is 2.41. The third-order valence-electron chi connectivity index (χ3n) is 13.3. The number of fused-ring (bicyclic) bond motifs is 1. The van der Waals surface area contributed by atoms with Gasteiger partial charge in [-0.3, -0.25) is 40.1 Å². The van der Waals surface area contributed by atoms with Gasteiger partial charge in [-0.05, 0) is 92.6 Å². The lowest BCUT2D eigenvalue weighted by atomic mass is 9.79. The van der Waals surface area contributed by atoms with Gasteiger partial charge in [0.25, 0.3) is 11.8 Å². The zero-order valence-electron chi connectivity index (χ0n) is 36.2. The van der Waals surface area contributed by atoms with E-state index >= 15 is 0 Å². The molecule has 0 bridgehead atoms. The number of nitrogens with one attached hydrogen (secondary N) is 5. The van der Waals surface area contributed by atoms with E-state index < -0.39 is 24.2 Å². The van der Waals surface area contributed by atoms with Gasteiger partial charge in [0, 0.05) is 92.3 Å². The number of likely N-dealkylation sites (tertiary alicyclic amines) is 2. The van der Waals surface area contributed by atoms with Gasteiger partial charge in [-0.25, -0.2) is 14.4 Å². The number of anilines is 2. The molecule has 7 N–H and O–H groups in total. The van der Waals surface area contributed by atoms with Crippen molar-refractivity contribution in [3.8, 4) is 0 Å². The van der Waals surface area contributed by atoms with Crippen LogP contribution in [0.15, 0.2) is 88.4 Å². The fraction of sp³-hybridized carbons (Fsp3) is 0.457. The van der Waals surface area contributed by atoms with Crippen molar-refractivity contribution in [2.75, 3.05) is 62.7 Å². The Kier molecular flexibility index (Phi) is 12.8. The number of hydrazine groups is 1. The molecule has 0 radical (unpaired) electrons. The largest absolute Gasteiger partial charge is 0.356 e. The third kappa shape index (κ3) is 10.1. The molecule has 4 saturated heterocycles. The molecular formula is C46H55FN12O5S. The average molecular weight is 907 g/mol. The Balaban J connectivity index is 0.657. The first-order valence-corrected chi connectivity index (χ1v) is 23.2. The number of aromatic nitrogens is 2. The number of hydrogen-bond donors (Lipinski definition) is 6. The maximum Gasteiger partial charge on any atom is 0.269 e. The van der Waals surface area contributed by atoms with Gasteiger partial charge in [0.2, 0.25) is 17.7 Å². The third-order valence-corrected chi connectivity index (χ3v) is 14.3. The minimum atomic E-state index is -0.737. The second kappa shape index (κ2) is 18.8. The van der Waals surface area contributed by atoms with Crippen molar-refractivity contribution >= 4 is 52.8 Å². The maximum absolute atomic E-state index is 13.2. The SMILES string of the molecule is NC1(CF)CCN(c2cnc(Sc3cccc(NC(=O)CCCCN4CC5(CCN(C6=CC=C(C(=O)NCc7ccc8c(c7)CN(C7CCC(=O)NC7=O)C8=O)NN6)C5)C4)c3)cn2)CC1. The van der Waals surface area contributed by atoms with Crippen molar-refractivity contribution in [2.24, 2.45) is 11.1 Å². The van der Waals surface area contributed by atoms with Crippen molar-refractivity contribution in [2.45, 2.75) is 86.0 Å². The molecular weight excluding hydrogens is 852 g/mol. The Morgan fingerprint density at radius 3 is 2.52 bits per heavy atom. The summed E-state index contributed by atoms with van der Waals surface area (Å²) in [7, 11) is 0. The summed E-state index contributed by atoms with van der Waals surface area (Å²) in [5.74, 6) is 0.410. The quantitative estimate of drug-likeness (QED) is 0.0958. The number of alkyl halides is 1. The summed E-state index contributed by atoms with van der Waals surface area (Å²) >= 11 is 1.48. The maximum atomic E-state index is 13.2. The highest BCUT2D eigenvalue weighted by Gasteiger charge is 2.48. The lowest BCUT2D eigenvalue weighted by Gasteiger charge is -2.48. The van der Waals surface area contributed by atoms with Crippen LogP contribution in [-0.2, 0) is 32.3 Å². The van der Waals surface area contributed by atoms with Gasteiger partial charge in [0.05, 0.1) is 12.4 Å². The number of piperidine rings is 2. The summed E-state index contributed by atoms with van der Waals surface area (Å²) < 4.78 is 13.2. The van der Waals surface area contributed by atoms with Crippen LogP contribution in [0.25, 0.3) is 0 Å². The number of allylic oxidation sites excluding steroid dienone is 2. The van der Waals surface area contributed by atoms with E-state index in [0.717, 1.165) is 90.4 Å². The molecule has 9 rings (SSSR count). The fourth-order valence-electron chi connectivity index (χ4n) is 9.61. The second-order valence-electron chi connectivity index (χ2n) is 18.2. The van der Waals surface area contributed by atoms with Crippen molar-refractivity contribution in [3.05, 3.63) is 95.2 Å². The van der Waals surface area contributed by atoms with Crippen LogP contribution in [-0.4, -0.2) is 118 Å². The number of carbonyl (C=O) groups is 5. The van der Waals surface area contributed by atoms with Gasteiger partial charge < -0.3 is 36.0 Å². The molecule has 3 aromatic rings. The van der Waals surface area contributed by atoms with Gasteiger partial charge in [-0.2, -0.15) is 0 Å². The number of nitrogens with two attached hydrogens (primary N) is 1. The van der Waals surface area contributed by atoms with E-state index in [2.05, 4.69) is 51.5 Å². The van der Waals surface area contributed by atoms with E-state index in [9.17, 15) is 28.4 Å². The van der Waals surface area contributed by atoms with E-state index in [1.165, 1.54) is 16.7 Å². The molecule has 342 valence electrons. The standard InChI is InChI=1S/C46H55FN12O5S/c47-26-46(48)14-18-57(19-15-46)38-23-50-41(24-49-38)65-33-5-3-4-32(21-33)52-39(60)6-1-2-16-56-27-45(28-56)13-17-58(29-45)37-11-9-35(54-55-37)42(62)51-22-30-7-8-34-31(20-30)25-59(44(34)64)36-10-12-40(61)53-43(36)63/h3-5,7-9,11,20-21,23-24,36,54-55H,1-2,6,10,12-19,22,25-29,48H2,(H,51,62)(H,52,60)(H,53,61,63). The number of nitrogens with zero attached hydrogens (tertiary/aromatic N) is 6.